The number of nitrogens with zero attached hydrogens (tertiary/aromatic N) is 1. The molecule has 0 heterocycles. The SMILES string of the molecule is CC(C)(C)OC(=O)N(CCC(=O)O)CCC(=O)OCc1ccccc1.O=C(O)CCNCCC(=O)OCc1ccccc1. The highest BCUT2D eigenvalue weighted by Gasteiger charge is 2.23. The first-order valence-corrected chi connectivity index (χ1v) is 13.9. The number of benzene rings is 2. The Morgan fingerprint density at radius 2 is 1.12 bits per heavy atom. The fourth-order valence-corrected chi connectivity index (χ4v) is 3.21. The van der Waals surface area contributed by atoms with E-state index in [2.05, 4.69) is 5.32 Å². The maximum Gasteiger partial charge on any atom is 0.410 e. The second kappa shape index (κ2) is 20.4. The van der Waals surface area contributed by atoms with E-state index < -0.39 is 29.6 Å². The Bertz CT molecular complexity index is 1130. The number of nitrogens with one attached hydrogen (secondary N) is 1. The zero-order chi connectivity index (χ0) is 32.1. The average Bonchev–Trinajstić information content (AvgIpc) is 2.95. The Kier molecular flexibility index (Phi) is 17.4. The van der Waals surface area contributed by atoms with Crippen molar-refractivity contribution in [3.05, 3.63) is 71.8 Å². The molecule has 0 aliphatic heterocycles. The quantitative estimate of drug-likeness (QED) is 0.144. The Hall–Kier alpha value is -4.45. The number of hydrogen-bond acceptors (Lipinski definition) is 9. The molecule has 12 nitrogen and oxygen atoms in total. The van der Waals surface area contributed by atoms with E-state index in [4.69, 9.17) is 24.4 Å². The van der Waals surface area contributed by atoms with Crippen molar-refractivity contribution in [3.63, 3.8) is 0 Å². The first kappa shape index (κ1) is 36.6. The lowest BCUT2D eigenvalue weighted by molar-refractivity contribution is -0.146. The van der Waals surface area contributed by atoms with Gasteiger partial charge in [0.2, 0.25) is 0 Å². The maximum atomic E-state index is 12.1. The van der Waals surface area contributed by atoms with E-state index in [-0.39, 0.29) is 58.0 Å². The molecule has 0 bridgehead atoms. The highest BCUT2D eigenvalue weighted by molar-refractivity contribution is 5.73. The molecule has 0 radical (unpaired) electrons. The highest BCUT2D eigenvalue weighted by Crippen LogP contribution is 2.11. The summed E-state index contributed by atoms with van der Waals surface area (Å²) >= 11 is 0. The van der Waals surface area contributed by atoms with Gasteiger partial charge in [-0.1, -0.05) is 60.7 Å². The van der Waals surface area contributed by atoms with Crippen molar-refractivity contribution in [1.29, 1.82) is 0 Å². The van der Waals surface area contributed by atoms with Gasteiger partial charge in [0, 0.05) is 26.2 Å². The predicted molar refractivity (Wildman–Crippen MR) is 157 cm³/mol. The average molecular weight is 603 g/mol. The Balaban J connectivity index is 0.000000453. The fraction of sp³-hybridized carbons (Fsp3) is 0.452. The number of amides is 1. The van der Waals surface area contributed by atoms with Gasteiger partial charge in [-0.15, -0.1) is 0 Å². The van der Waals surface area contributed by atoms with Crippen molar-refractivity contribution < 1.29 is 48.4 Å². The summed E-state index contributed by atoms with van der Waals surface area (Å²) in [6.45, 7) is 6.38. The lowest BCUT2D eigenvalue weighted by Crippen LogP contribution is -2.39. The molecule has 0 aliphatic carbocycles. The Labute approximate surface area is 251 Å². The number of carbonyl (C=O) groups excluding carboxylic acids is 3. The van der Waals surface area contributed by atoms with Crippen LogP contribution in [-0.4, -0.2) is 76.9 Å². The van der Waals surface area contributed by atoms with Crippen molar-refractivity contribution >= 4 is 30.0 Å². The minimum Gasteiger partial charge on any atom is -0.481 e. The molecule has 0 unspecified atom stereocenters. The third kappa shape index (κ3) is 20.1. The van der Waals surface area contributed by atoms with Gasteiger partial charge in [0.15, 0.2) is 0 Å². The maximum absolute atomic E-state index is 12.1. The van der Waals surface area contributed by atoms with Gasteiger partial charge in [-0.3, -0.25) is 19.2 Å². The molecule has 0 saturated heterocycles. The number of carbonyl (C=O) groups is 5. The van der Waals surface area contributed by atoms with Gasteiger partial charge in [0.25, 0.3) is 0 Å². The first-order chi connectivity index (χ1) is 20.4. The van der Waals surface area contributed by atoms with Crippen LogP contribution in [0.25, 0.3) is 0 Å². The first-order valence-electron chi connectivity index (χ1n) is 13.9. The summed E-state index contributed by atoms with van der Waals surface area (Å²) in [6.07, 6.45) is -0.611. The normalized spacial score (nSPS) is 10.5. The van der Waals surface area contributed by atoms with Crippen LogP contribution in [0.2, 0.25) is 0 Å². The number of carboxylic acids is 2. The van der Waals surface area contributed by atoms with E-state index >= 15 is 0 Å². The minimum atomic E-state index is -1.03. The zero-order valence-electron chi connectivity index (χ0n) is 25.0. The van der Waals surface area contributed by atoms with Crippen LogP contribution in [0.1, 0.15) is 57.6 Å². The molecule has 43 heavy (non-hydrogen) atoms. The summed E-state index contributed by atoms with van der Waals surface area (Å²) in [6, 6.07) is 18.7. The van der Waals surface area contributed by atoms with E-state index in [1.807, 2.05) is 60.7 Å². The fourth-order valence-electron chi connectivity index (χ4n) is 3.21. The second-order valence-corrected chi connectivity index (χ2v) is 10.3. The summed E-state index contributed by atoms with van der Waals surface area (Å²) in [5, 5.41) is 20.1. The van der Waals surface area contributed by atoms with Crippen molar-refractivity contribution in [2.75, 3.05) is 26.2 Å². The predicted octanol–water partition coefficient (Wildman–Crippen LogP) is 4.02. The van der Waals surface area contributed by atoms with E-state index in [1.54, 1.807) is 20.8 Å². The topological polar surface area (TPSA) is 169 Å². The van der Waals surface area contributed by atoms with E-state index in [0.29, 0.717) is 13.1 Å². The van der Waals surface area contributed by atoms with Gasteiger partial charge < -0.3 is 34.6 Å². The molecule has 2 aromatic carbocycles. The Morgan fingerprint density at radius 3 is 1.58 bits per heavy atom. The van der Waals surface area contributed by atoms with E-state index in [1.165, 1.54) is 4.90 Å². The Morgan fingerprint density at radius 1 is 0.674 bits per heavy atom. The molecular formula is C31H42N2O10. The monoisotopic (exact) mass is 602 g/mol. The zero-order valence-corrected chi connectivity index (χ0v) is 25.0. The van der Waals surface area contributed by atoms with Gasteiger partial charge in [-0.05, 0) is 31.9 Å². The van der Waals surface area contributed by atoms with Crippen molar-refractivity contribution in [1.82, 2.24) is 10.2 Å². The van der Waals surface area contributed by atoms with Gasteiger partial charge in [-0.2, -0.15) is 0 Å². The summed E-state index contributed by atoms with van der Waals surface area (Å²) in [7, 11) is 0. The summed E-state index contributed by atoms with van der Waals surface area (Å²) in [5.74, 6) is -2.64. The molecule has 2 rings (SSSR count). The highest BCUT2D eigenvalue weighted by atomic mass is 16.6. The third-order valence-corrected chi connectivity index (χ3v) is 5.34. The number of ether oxygens (including phenoxy) is 3. The molecule has 1 amide bonds. The number of carboxylic acid groups (broad SMARTS) is 2. The van der Waals surface area contributed by atoms with Crippen LogP contribution in [0, 0.1) is 0 Å². The lowest BCUT2D eigenvalue weighted by atomic mass is 10.2. The molecule has 12 heteroatoms. The lowest BCUT2D eigenvalue weighted by Gasteiger charge is -2.26. The molecule has 3 N–H and O–H groups in total. The number of rotatable bonds is 16. The molecule has 0 spiro atoms. The van der Waals surface area contributed by atoms with E-state index in [9.17, 15) is 24.0 Å². The summed E-state index contributed by atoms with van der Waals surface area (Å²) in [4.78, 5) is 57.5. The van der Waals surface area contributed by atoms with Crippen LogP contribution in [0.3, 0.4) is 0 Å². The van der Waals surface area contributed by atoms with Crippen molar-refractivity contribution in [2.45, 2.75) is 65.3 Å². The number of esters is 2. The number of hydrogen-bond donors (Lipinski definition) is 3. The molecule has 0 saturated carbocycles. The van der Waals surface area contributed by atoms with Crippen LogP contribution in [-0.2, 0) is 46.6 Å². The van der Waals surface area contributed by atoms with Crippen LogP contribution in [0.15, 0.2) is 60.7 Å². The van der Waals surface area contributed by atoms with Crippen molar-refractivity contribution in [3.8, 4) is 0 Å². The standard InChI is InChI=1S/C18H25NO6.C13H17NO4/c1-18(2,3)25-17(23)19(11-9-15(20)21)12-10-16(22)24-13-14-7-5-4-6-8-14;15-12(16)6-8-14-9-7-13(17)18-10-11-4-2-1-3-5-11/h4-8H,9-13H2,1-3H3,(H,20,21);1-5,14H,6-10H2,(H,15,16). The molecule has 0 atom stereocenters. The van der Waals surface area contributed by atoms with Crippen LogP contribution in [0.4, 0.5) is 4.79 Å². The molecular weight excluding hydrogens is 560 g/mol. The number of aliphatic carboxylic acids is 2. The van der Waals surface area contributed by atoms with Crippen LogP contribution >= 0.6 is 0 Å². The second-order valence-electron chi connectivity index (χ2n) is 10.3. The summed E-state index contributed by atoms with van der Waals surface area (Å²) in [5.41, 5.74) is 1.11. The smallest absolute Gasteiger partial charge is 0.410 e. The van der Waals surface area contributed by atoms with Gasteiger partial charge >= 0.3 is 30.0 Å². The third-order valence-electron chi connectivity index (χ3n) is 5.34. The molecule has 236 valence electrons. The van der Waals surface area contributed by atoms with E-state index in [0.717, 1.165) is 11.1 Å². The molecule has 0 aliphatic rings. The van der Waals surface area contributed by atoms with Gasteiger partial charge in [0.1, 0.15) is 18.8 Å². The summed E-state index contributed by atoms with van der Waals surface area (Å²) < 4.78 is 15.4. The van der Waals surface area contributed by atoms with Crippen molar-refractivity contribution in [2.24, 2.45) is 0 Å². The van der Waals surface area contributed by atoms with Crippen LogP contribution < -0.4 is 5.32 Å². The van der Waals surface area contributed by atoms with Crippen LogP contribution in [0.5, 0.6) is 0 Å². The molecule has 2 aromatic rings. The largest absolute Gasteiger partial charge is 0.481 e. The molecule has 0 fully saturated rings. The van der Waals surface area contributed by atoms with Gasteiger partial charge in [-0.25, -0.2) is 4.79 Å². The molecule has 0 aromatic heterocycles. The minimum absolute atomic E-state index is 0.0315. The van der Waals surface area contributed by atoms with Gasteiger partial charge in [0.05, 0.1) is 25.7 Å².